The molecule has 0 rings (SSSR count). The molecule has 0 aromatic carbocycles. The van der Waals surface area contributed by atoms with Crippen molar-refractivity contribution in [3.8, 4) is 0 Å². The van der Waals surface area contributed by atoms with E-state index in [0.29, 0.717) is 0 Å². The highest BCUT2D eigenvalue weighted by Gasteiger charge is 2.21. The number of ether oxygens (including phenoxy) is 2. The highest BCUT2D eigenvalue weighted by Crippen LogP contribution is 2.18. The maximum Gasteiger partial charge on any atom is 0.163 e. The number of halogens is 1. The van der Waals surface area contributed by atoms with Gasteiger partial charge in [0, 0.05) is 7.11 Å². The van der Waals surface area contributed by atoms with Crippen molar-refractivity contribution in [3.63, 3.8) is 0 Å². The van der Waals surface area contributed by atoms with Crippen LogP contribution in [0, 0.1) is 0 Å². The molecule has 3 heteroatoms. The van der Waals surface area contributed by atoms with Crippen molar-refractivity contribution in [2.75, 3.05) is 7.11 Å². The van der Waals surface area contributed by atoms with Crippen LogP contribution in [0.2, 0.25) is 0 Å². The van der Waals surface area contributed by atoms with Crippen molar-refractivity contribution >= 4 is 22.6 Å². The zero-order valence-corrected chi connectivity index (χ0v) is 13.8. The molecule has 0 spiro atoms. The molecule has 0 bridgehead atoms. The summed E-state index contributed by atoms with van der Waals surface area (Å²) in [6, 6.07) is 0. The maximum atomic E-state index is 5.92. The van der Waals surface area contributed by atoms with E-state index >= 15 is 0 Å². The molecule has 0 saturated carbocycles. The molecule has 102 valence electrons. The number of hydrogen-bond donors (Lipinski definition) is 0. The van der Waals surface area contributed by atoms with Crippen LogP contribution in [-0.4, -0.2) is 19.0 Å². The van der Waals surface area contributed by atoms with Gasteiger partial charge < -0.3 is 9.47 Å². The van der Waals surface area contributed by atoms with Gasteiger partial charge in [0.05, 0.1) is 6.10 Å². The summed E-state index contributed by atoms with van der Waals surface area (Å²) in [6.45, 7) is 6.15. The Morgan fingerprint density at radius 1 is 1.18 bits per heavy atom. The average Bonchev–Trinajstić information content (AvgIpc) is 2.28. The molecule has 0 aliphatic heterocycles. The molecule has 0 radical (unpaired) electrons. The molecule has 1 atom stereocenters. The first-order chi connectivity index (χ1) is 8.05. The van der Waals surface area contributed by atoms with E-state index in [4.69, 9.17) is 9.47 Å². The van der Waals surface area contributed by atoms with Gasteiger partial charge in [0.2, 0.25) is 0 Å². The molecule has 0 aliphatic carbocycles. The summed E-state index contributed by atoms with van der Waals surface area (Å²) in [6.07, 6.45) is 9.87. The Labute approximate surface area is 120 Å². The van der Waals surface area contributed by atoms with E-state index in [2.05, 4.69) is 35.6 Å². The van der Waals surface area contributed by atoms with Crippen LogP contribution in [0.1, 0.15) is 59.3 Å². The van der Waals surface area contributed by atoms with E-state index in [-0.39, 0.29) is 6.10 Å². The lowest BCUT2D eigenvalue weighted by molar-refractivity contribution is -0.214. The summed E-state index contributed by atoms with van der Waals surface area (Å²) in [5.41, 5.74) is 0. The van der Waals surface area contributed by atoms with Gasteiger partial charge in [0.1, 0.15) is 0 Å². The fourth-order valence-corrected chi connectivity index (χ4v) is 2.10. The summed E-state index contributed by atoms with van der Waals surface area (Å²) in [5.74, 6) is -0.496. The molecule has 0 fully saturated rings. The summed E-state index contributed by atoms with van der Waals surface area (Å²) < 4.78 is 13.2. The second-order valence-corrected chi connectivity index (χ2v) is 5.50. The van der Waals surface area contributed by atoms with Crippen LogP contribution in [-0.2, 0) is 9.47 Å². The lowest BCUT2D eigenvalue weighted by atomic mass is 10.1. The highest BCUT2D eigenvalue weighted by molar-refractivity contribution is 14.1. The van der Waals surface area contributed by atoms with Crippen molar-refractivity contribution in [1.29, 1.82) is 0 Å². The smallest absolute Gasteiger partial charge is 0.163 e. The minimum absolute atomic E-state index is 0.170. The first-order valence-electron chi connectivity index (χ1n) is 6.55. The third-order valence-electron chi connectivity index (χ3n) is 2.81. The Morgan fingerprint density at radius 2 is 1.82 bits per heavy atom. The van der Waals surface area contributed by atoms with E-state index < -0.39 is 5.79 Å². The van der Waals surface area contributed by atoms with Gasteiger partial charge in [-0.15, -0.1) is 0 Å². The number of unbranched alkanes of at least 4 members (excludes halogenated alkanes) is 4. The Kier molecular flexibility index (Phi) is 10.6. The topological polar surface area (TPSA) is 18.5 Å². The van der Waals surface area contributed by atoms with Crippen LogP contribution >= 0.6 is 22.6 Å². The quantitative estimate of drug-likeness (QED) is 0.310. The maximum absolute atomic E-state index is 5.92. The number of rotatable bonds is 10. The fourth-order valence-electron chi connectivity index (χ4n) is 1.64. The predicted octanol–water partition coefficient (Wildman–Crippen LogP) is 5.06. The van der Waals surface area contributed by atoms with Crippen molar-refractivity contribution < 1.29 is 9.47 Å². The molecule has 0 amide bonds. The van der Waals surface area contributed by atoms with Gasteiger partial charge in [-0.25, -0.2) is 0 Å². The van der Waals surface area contributed by atoms with E-state index in [9.17, 15) is 0 Å². The summed E-state index contributed by atoms with van der Waals surface area (Å²) in [4.78, 5) is 0. The van der Waals surface area contributed by atoms with Gasteiger partial charge in [0.15, 0.2) is 5.79 Å². The summed E-state index contributed by atoms with van der Waals surface area (Å²) >= 11 is 2.24. The molecular formula is C14H27IO2. The first-order valence-corrected chi connectivity index (χ1v) is 7.80. The van der Waals surface area contributed by atoms with Crippen molar-refractivity contribution in [2.24, 2.45) is 0 Å². The molecule has 0 saturated heterocycles. The van der Waals surface area contributed by atoms with E-state index in [1.54, 1.807) is 7.11 Å². The zero-order valence-electron chi connectivity index (χ0n) is 11.7. The van der Waals surface area contributed by atoms with E-state index in [1.165, 1.54) is 32.1 Å². The van der Waals surface area contributed by atoms with E-state index in [1.807, 2.05) is 17.9 Å². The molecule has 0 aromatic heterocycles. The van der Waals surface area contributed by atoms with Crippen LogP contribution in [0.15, 0.2) is 10.2 Å². The molecule has 17 heavy (non-hydrogen) atoms. The number of methoxy groups -OCH3 is 1. The second-order valence-electron chi connectivity index (χ2n) is 4.78. The lowest BCUT2D eigenvalue weighted by Crippen LogP contribution is -2.31. The van der Waals surface area contributed by atoms with Gasteiger partial charge in [0.25, 0.3) is 0 Å². The normalized spacial score (nSPS) is 14.4. The highest BCUT2D eigenvalue weighted by atomic mass is 127. The van der Waals surface area contributed by atoms with Crippen molar-refractivity contribution in [3.05, 3.63) is 10.2 Å². The fraction of sp³-hybridized carbons (Fsp3) is 0.857. The number of hydrogen-bond acceptors (Lipinski definition) is 2. The predicted molar refractivity (Wildman–Crippen MR) is 82.5 cm³/mol. The minimum Gasteiger partial charge on any atom is -0.354 e. The zero-order chi connectivity index (χ0) is 13.1. The summed E-state index contributed by atoms with van der Waals surface area (Å²) in [7, 11) is 1.69. The lowest BCUT2D eigenvalue weighted by Gasteiger charge is -2.28. The van der Waals surface area contributed by atoms with Gasteiger partial charge in [-0.05, 0) is 30.4 Å². The van der Waals surface area contributed by atoms with Crippen LogP contribution in [0.25, 0.3) is 0 Å². The van der Waals surface area contributed by atoms with Crippen LogP contribution < -0.4 is 0 Å². The Hall–Kier alpha value is 0.390. The standard InChI is InChI=1S/C14H27IO2/c1-5-6-7-8-9-10-13(11-12-15)17-14(2,3)16-4/h11-13H,5-10H2,1-4H3. The third kappa shape index (κ3) is 10.0. The Balaban J connectivity index is 3.91. The Morgan fingerprint density at radius 3 is 2.35 bits per heavy atom. The SMILES string of the molecule is CCCCCCCC(C=CI)OC(C)(C)OC. The van der Waals surface area contributed by atoms with Gasteiger partial charge in [-0.1, -0.05) is 61.6 Å². The van der Waals surface area contributed by atoms with Gasteiger partial charge in [-0.3, -0.25) is 0 Å². The third-order valence-corrected chi connectivity index (χ3v) is 3.22. The second kappa shape index (κ2) is 10.3. The molecule has 1 unspecified atom stereocenters. The largest absolute Gasteiger partial charge is 0.354 e. The van der Waals surface area contributed by atoms with Crippen molar-refractivity contribution in [2.45, 2.75) is 71.2 Å². The van der Waals surface area contributed by atoms with Crippen LogP contribution in [0.4, 0.5) is 0 Å². The molecular weight excluding hydrogens is 327 g/mol. The monoisotopic (exact) mass is 354 g/mol. The molecule has 0 aliphatic rings. The average molecular weight is 354 g/mol. The van der Waals surface area contributed by atoms with E-state index in [0.717, 1.165) is 6.42 Å². The van der Waals surface area contributed by atoms with Crippen LogP contribution in [0.3, 0.4) is 0 Å². The molecule has 2 nitrogen and oxygen atoms in total. The Bertz CT molecular complexity index is 202. The van der Waals surface area contributed by atoms with Gasteiger partial charge in [-0.2, -0.15) is 0 Å². The molecule has 0 aromatic rings. The van der Waals surface area contributed by atoms with Crippen molar-refractivity contribution in [1.82, 2.24) is 0 Å². The summed E-state index contributed by atoms with van der Waals surface area (Å²) in [5, 5.41) is 0. The minimum atomic E-state index is -0.496. The molecule has 0 heterocycles. The first kappa shape index (κ1) is 17.4. The molecule has 0 N–H and O–H groups in total. The van der Waals surface area contributed by atoms with Crippen LogP contribution in [0.5, 0.6) is 0 Å². The van der Waals surface area contributed by atoms with Gasteiger partial charge >= 0.3 is 0 Å².